The summed E-state index contributed by atoms with van der Waals surface area (Å²) in [6.07, 6.45) is 0.256. The van der Waals surface area contributed by atoms with Gasteiger partial charge in [0.25, 0.3) is 0 Å². The largest absolute Gasteiger partial charge is 0.489 e. The second kappa shape index (κ2) is 5.14. The molecule has 7 heteroatoms. The van der Waals surface area contributed by atoms with Crippen molar-refractivity contribution in [1.82, 2.24) is 5.32 Å². The highest BCUT2D eigenvalue weighted by Crippen LogP contribution is 2.39. The Hall–Kier alpha value is -1.47. The molecule has 2 heterocycles. The van der Waals surface area contributed by atoms with Crippen LogP contribution in [0.15, 0.2) is 12.1 Å². The third kappa shape index (κ3) is 2.69. The summed E-state index contributed by atoms with van der Waals surface area (Å²) in [5.41, 5.74) is 0.932. The molecule has 6 nitrogen and oxygen atoms in total. The molecular weight excluding hydrogens is 282 g/mol. The Balaban J connectivity index is 1.84. The maximum Gasteiger partial charge on any atom is 0.231 e. The predicted molar refractivity (Wildman–Crippen MR) is 73.0 cm³/mol. The first kappa shape index (κ1) is 13.5. The van der Waals surface area contributed by atoms with Crippen molar-refractivity contribution in [3.8, 4) is 17.2 Å². The van der Waals surface area contributed by atoms with Gasteiger partial charge in [-0.05, 0) is 19.5 Å². The highest BCUT2D eigenvalue weighted by molar-refractivity contribution is 7.91. The van der Waals surface area contributed by atoms with Gasteiger partial charge in [-0.3, -0.25) is 0 Å². The minimum absolute atomic E-state index is 0.0838. The SMILES string of the molecule is CNCc1cc2c(cc1OC1CCS(=O)(=O)C1)OCO2. The summed E-state index contributed by atoms with van der Waals surface area (Å²) in [4.78, 5) is 0. The molecule has 0 amide bonds. The van der Waals surface area contributed by atoms with E-state index in [0.717, 1.165) is 5.56 Å². The van der Waals surface area contributed by atoms with Crippen molar-refractivity contribution in [2.75, 3.05) is 25.3 Å². The molecule has 2 aliphatic heterocycles. The second-order valence-corrected chi connectivity index (χ2v) is 7.22. The monoisotopic (exact) mass is 299 g/mol. The maximum atomic E-state index is 11.5. The fraction of sp³-hybridized carbons (Fsp3) is 0.538. The van der Waals surface area contributed by atoms with Crippen molar-refractivity contribution in [1.29, 1.82) is 0 Å². The van der Waals surface area contributed by atoms with Crippen LogP contribution in [0.4, 0.5) is 0 Å². The number of ether oxygens (including phenoxy) is 3. The molecule has 3 rings (SSSR count). The summed E-state index contributed by atoms with van der Waals surface area (Å²) in [5.74, 6) is 2.28. The van der Waals surface area contributed by atoms with Gasteiger partial charge in [-0.1, -0.05) is 0 Å². The average molecular weight is 299 g/mol. The molecular formula is C13H17NO5S. The smallest absolute Gasteiger partial charge is 0.231 e. The van der Waals surface area contributed by atoms with Gasteiger partial charge in [-0.2, -0.15) is 0 Å². The quantitative estimate of drug-likeness (QED) is 0.882. The van der Waals surface area contributed by atoms with Crippen LogP contribution in [0.3, 0.4) is 0 Å². The van der Waals surface area contributed by atoms with Crippen LogP contribution in [0.2, 0.25) is 0 Å². The first-order valence-corrected chi connectivity index (χ1v) is 8.34. The van der Waals surface area contributed by atoms with E-state index in [-0.39, 0.29) is 24.4 Å². The number of rotatable bonds is 4. The highest BCUT2D eigenvalue weighted by atomic mass is 32.2. The zero-order valence-corrected chi connectivity index (χ0v) is 12.0. The Morgan fingerprint density at radius 2 is 2.10 bits per heavy atom. The van der Waals surface area contributed by atoms with Crippen LogP contribution in [-0.4, -0.2) is 39.9 Å². The van der Waals surface area contributed by atoms with E-state index in [1.54, 1.807) is 6.07 Å². The van der Waals surface area contributed by atoms with Crippen molar-refractivity contribution in [3.05, 3.63) is 17.7 Å². The molecule has 0 spiro atoms. The summed E-state index contributed by atoms with van der Waals surface area (Å²) in [6.45, 7) is 0.820. The van der Waals surface area contributed by atoms with Crippen LogP contribution in [-0.2, 0) is 16.4 Å². The van der Waals surface area contributed by atoms with Gasteiger partial charge in [-0.25, -0.2) is 8.42 Å². The molecule has 0 aliphatic carbocycles. The van der Waals surface area contributed by atoms with Crippen LogP contribution >= 0.6 is 0 Å². The van der Waals surface area contributed by atoms with Crippen molar-refractivity contribution >= 4 is 9.84 Å². The molecule has 0 bridgehead atoms. The Kier molecular flexibility index (Phi) is 3.47. The molecule has 20 heavy (non-hydrogen) atoms. The molecule has 1 saturated heterocycles. The Labute approximate surface area is 117 Å². The molecule has 1 aromatic carbocycles. The van der Waals surface area contributed by atoms with Crippen LogP contribution in [0, 0.1) is 0 Å². The zero-order valence-electron chi connectivity index (χ0n) is 11.2. The Bertz CT molecular complexity index is 613. The number of hydrogen-bond donors (Lipinski definition) is 1. The highest BCUT2D eigenvalue weighted by Gasteiger charge is 2.30. The molecule has 110 valence electrons. The fourth-order valence-electron chi connectivity index (χ4n) is 2.44. The number of hydrogen-bond acceptors (Lipinski definition) is 6. The van der Waals surface area contributed by atoms with E-state index in [1.807, 2.05) is 13.1 Å². The lowest BCUT2D eigenvalue weighted by Crippen LogP contribution is -2.19. The summed E-state index contributed by atoms with van der Waals surface area (Å²) >= 11 is 0. The normalized spacial score (nSPS) is 22.9. The summed E-state index contributed by atoms with van der Waals surface area (Å²) < 4.78 is 39.5. The van der Waals surface area contributed by atoms with Gasteiger partial charge >= 0.3 is 0 Å². The van der Waals surface area contributed by atoms with Crippen molar-refractivity contribution < 1.29 is 22.6 Å². The molecule has 1 atom stereocenters. The van der Waals surface area contributed by atoms with E-state index in [9.17, 15) is 8.42 Å². The van der Waals surface area contributed by atoms with Crippen molar-refractivity contribution in [2.24, 2.45) is 0 Å². The lowest BCUT2D eigenvalue weighted by Gasteiger charge is -2.16. The van der Waals surface area contributed by atoms with E-state index in [2.05, 4.69) is 5.32 Å². The third-order valence-corrected chi connectivity index (χ3v) is 5.14. The van der Waals surface area contributed by atoms with Crippen LogP contribution in [0.5, 0.6) is 17.2 Å². The second-order valence-electron chi connectivity index (χ2n) is 4.99. The summed E-state index contributed by atoms with van der Waals surface area (Å²) in [6, 6.07) is 3.65. The summed E-state index contributed by atoms with van der Waals surface area (Å²) in [7, 11) is -1.11. The maximum absolute atomic E-state index is 11.5. The van der Waals surface area contributed by atoms with E-state index in [0.29, 0.717) is 30.2 Å². The summed E-state index contributed by atoms with van der Waals surface area (Å²) in [5, 5.41) is 3.06. The van der Waals surface area contributed by atoms with E-state index < -0.39 is 9.84 Å². The van der Waals surface area contributed by atoms with E-state index >= 15 is 0 Å². The predicted octanol–water partition coefficient (Wildman–Crippen LogP) is 0.701. The first-order valence-electron chi connectivity index (χ1n) is 6.51. The fourth-order valence-corrected chi connectivity index (χ4v) is 4.03. The third-order valence-electron chi connectivity index (χ3n) is 3.41. The van der Waals surface area contributed by atoms with Crippen molar-refractivity contribution in [2.45, 2.75) is 19.1 Å². The standard InChI is InChI=1S/C13H17NO5S/c1-14-6-9-4-12-13(18-8-17-12)5-11(9)19-10-2-3-20(15,16)7-10/h4-5,10,14H,2-3,6-8H2,1H3. The minimum atomic E-state index is -2.95. The lowest BCUT2D eigenvalue weighted by atomic mass is 10.1. The molecule has 0 radical (unpaired) electrons. The minimum Gasteiger partial charge on any atom is -0.489 e. The molecule has 1 unspecified atom stereocenters. The molecule has 0 aromatic heterocycles. The van der Waals surface area contributed by atoms with Gasteiger partial charge in [-0.15, -0.1) is 0 Å². The molecule has 2 aliphatic rings. The average Bonchev–Trinajstić information content (AvgIpc) is 2.96. The topological polar surface area (TPSA) is 73.9 Å². The van der Waals surface area contributed by atoms with Gasteiger partial charge in [0.2, 0.25) is 6.79 Å². The van der Waals surface area contributed by atoms with Gasteiger partial charge in [0.05, 0.1) is 11.5 Å². The number of nitrogens with one attached hydrogen (secondary N) is 1. The Morgan fingerprint density at radius 1 is 1.35 bits per heavy atom. The van der Waals surface area contributed by atoms with Gasteiger partial charge in [0.1, 0.15) is 11.9 Å². The number of fused-ring (bicyclic) bond motifs is 1. The van der Waals surface area contributed by atoms with Gasteiger partial charge in [0.15, 0.2) is 21.3 Å². The van der Waals surface area contributed by atoms with E-state index in [1.165, 1.54) is 0 Å². The van der Waals surface area contributed by atoms with Crippen LogP contribution in [0.25, 0.3) is 0 Å². The number of benzene rings is 1. The number of sulfone groups is 1. The lowest BCUT2D eigenvalue weighted by molar-refractivity contribution is 0.173. The van der Waals surface area contributed by atoms with Crippen LogP contribution in [0.1, 0.15) is 12.0 Å². The zero-order chi connectivity index (χ0) is 14.2. The molecule has 1 aromatic rings. The molecule has 1 N–H and O–H groups in total. The van der Waals surface area contributed by atoms with Gasteiger partial charge < -0.3 is 19.5 Å². The molecule has 0 saturated carbocycles. The Morgan fingerprint density at radius 3 is 2.75 bits per heavy atom. The van der Waals surface area contributed by atoms with Crippen LogP contribution < -0.4 is 19.5 Å². The van der Waals surface area contributed by atoms with E-state index in [4.69, 9.17) is 14.2 Å². The first-order chi connectivity index (χ1) is 9.57. The van der Waals surface area contributed by atoms with Gasteiger partial charge in [0, 0.05) is 18.2 Å². The van der Waals surface area contributed by atoms with Crippen molar-refractivity contribution in [3.63, 3.8) is 0 Å². The molecule has 1 fully saturated rings.